The van der Waals surface area contributed by atoms with Gasteiger partial charge < -0.3 is 9.80 Å². The van der Waals surface area contributed by atoms with Gasteiger partial charge in [-0.1, -0.05) is 12.2 Å². The summed E-state index contributed by atoms with van der Waals surface area (Å²) in [5.74, 6) is 0. The van der Waals surface area contributed by atoms with E-state index in [1.54, 1.807) is 18.4 Å². The van der Waals surface area contributed by atoms with E-state index in [4.69, 9.17) is 0 Å². The van der Waals surface area contributed by atoms with Crippen molar-refractivity contribution in [1.82, 2.24) is 18.9 Å². The van der Waals surface area contributed by atoms with Gasteiger partial charge in [0, 0.05) is 37.8 Å². The molecular formula is C14H14N4O4. The lowest BCUT2D eigenvalue weighted by Crippen LogP contribution is -2.50. The molecule has 0 bridgehead atoms. The third-order valence-corrected chi connectivity index (χ3v) is 3.52. The summed E-state index contributed by atoms with van der Waals surface area (Å²) in [5.41, 5.74) is -1.71. The topological polar surface area (TPSA) is 84.6 Å². The highest BCUT2D eigenvalue weighted by Gasteiger charge is 2.23. The van der Waals surface area contributed by atoms with Crippen molar-refractivity contribution in [2.24, 2.45) is 0 Å². The van der Waals surface area contributed by atoms with Crippen LogP contribution in [-0.4, -0.2) is 44.1 Å². The van der Waals surface area contributed by atoms with Gasteiger partial charge in [0.15, 0.2) is 0 Å². The second-order valence-corrected chi connectivity index (χ2v) is 4.94. The summed E-state index contributed by atoms with van der Waals surface area (Å²) in [4.78, 5) is 51.4. The summed E-state index contributed by atoms with van der Waals surface area (Å²) in [5, 5.41) is 0. The molecular weight excluding hydrogens is 288 g/mol. The van der Waals surface area contributed by atoms with Crippen molar-refractivity contribution in [3.05, 3.63) is 57.7 Å². The maximum absolute atomic E-state index is 12.4. The Kier molecular flexibility index (Phi) is 3.50. The van der Waals surface area contributed by atoms with Crippen LogP contribution in [0.5, 0.6) is 0 Å². The zero-order valence-corrected chi connectivity index (χ0v) is 11.7. The van der Waals surface area contributed by atoms with Crippen LogP contribution in [0.3, 0.4) is 0 Å². The normalized spacial score (nSPS) is 16.5. The fourth-order valence-corrected chi connectivity index (χ4v) is 2.37. The van der Waals surface area contributed by atoms with E-state index in [0.29, 0.717) is 30.5 Å². The van der Waals surface area contributed by atoms with Crippen LogP contribution in [0, 0.1) is 0 Å². The average Bonchev–Trinajstić information content (AvgIpc) is 3.20. The van der Waals surface area contributed by atoms with Crippen molar-refractivity contribution in [2.75, 3.05) is 13.1 Å². The first-order valence-corrected chi connectivity index (χ1v) is 6.89. The Morgan fingerprint density at radius 1 is 0.909 bits per heavy atom. The molecule has 0 saturated carbocycles. The van der Waals surface area contributed by atoms with Crippen LogP contribution < -0.4 is 11.2 Å². The molecule has 8 heteroatoms. The molecule has 2 amide bonds. The Bertz CT molecular complexity index is 802. The van der Waals surface area contributed by atoms with Gasteiger partial charge in [0.05, 0.1) is 0 Å². The first-order chi connectivity index (χ1) is 10.6. The van der Waals surface area contributed by atoms with Crippen molar-refractivity contribution in [3.63, 3.8) is 0 Å². The van der Waals surface area contributed by atoms with E-state index in [1.165, 1.54) is 16.0 Å². The largest absolute Gasteiger partial charge is 0.347 e. The number of nitrogens with zero attached hydrogens (tertiary/aromatic N) is 4. The van der Waals surface area contributed by atoms with E-state index < -0.39 is 23.3 Å². The highest BCUT2D eigenvalue weighted by molar-refractivity contribution is 5.80. The van der Waals surface area contributed by atoms with E-state index in [2.05, 4.69) is 0 Å². The summed E-state index contributed by atoms with van der Waals surface area (Å²) in [7, 11) is 0. The highest BCUT2D eigenvalue weighted by atomic mass is 16.2. The predicted molar refractivity (Wildman–Crippen MR) is 77.5 cm³/mol. The quantitative estimate of drug-likeness (QED) is 0.693. The highest BCUT2D eigenvalue weighted by Crippen LogP contribution is 2.06. The van der Waals surface area contributed by atoms with Crippen LogP contribution in [0.15, 0.2) is 46.4 Å². The zero-order valence-electron chi connectivity index (χ0n) is 11.7. The van der Waals surface area contributed by atoms with E-state index in [1.807, 2.05) is 0 Å². The van der Waals surface area contributed by atoms with Gasteiger partial charge in [-0.3, -0.25) is 4.79 Å². The van der Waals surface area contributed by atoms with Gasteiger partial charge in [0.25, 0.3) is 5.56 Å². The number of aromatic nitrogens is 2. The first kappa shape index (κ1) is 14.1. The number of amides is 2. The number of hydrogen-bond donors (Lipinski definition) is 0. The molecule has 3 heterocycles. The monoisotopic (exact) mass is 302 g/mol. The third-order valence-electron chi connectivity index (χ3n) is 3.52. The van der Waals surface area contributed by atoms with Gasteiger partial charge in [-0.25, -0.2) is 19.0 Å². The summed E-state index contributed by atoms with van der Waals surface area (Å²) in [6.07, 6.45) is 9.15. The lowest BCUT2D eigenvalue weighted by molar-refractivity contribution is 0.213. The maximum atomic E-state index is 12.4. The SMILES string of the molecule is O=C(N1C=CCC1)n1ccc(=O)n(C(=O)N2C=CCC2)c1=O. The summed E-state index contributed by atoms with van der Waals surface area (Å²) in [6, 6.07) is -0.295. The standard InChI is InChI=1S/C14H14N4O4/c19-11-5-10-17(12(20)15-6-1-2-7-15)14(22)18(11)13(21)16-8-3-4-9-16/h1,3,5-6,8,10H,2,4,7,9H2. The molecule has 3 rings (SSSR count). The third kappa shape index (κ3) is 2.28. The fourth-order valence-electron chi connectivity index (χ4n) is 2.37. The summed E-state index contributed by atoms with van der Waals surface area (Å²) < 4.78 is 1.25. The minimum Gasteiger partial charge on any atom is -0.300 e. The fraction of sp³-hybridized carbons (Fsp3) is 0.286. The minimum atomic E-state index is -0.955. The molecule has 0 fully saturated rings. The molecule has 0 aliphatic carbocycles. The van der Waals surface area contributed by atoms with Gasteiger partial charge in [0.1, 0.15) is 0 Å². The maximum Gasteiger partial charge on any atom is 0.347 e. The number of carbonyl (C=O) groups is 2. The van der Waals surface area contributed by atoms with Crippen LogP contribution in [0.25, 0.3) is 0 Å². The van der Waals surface area contributed by atoms with E-state index in [-0.39, 0.29) is 0 Å². The molecule has 1 aromatic heterocycles. The molecule has 8 nitrogen and oxygen atoms in total. The molecule has 0 radical (unpaired) electrons. The molecule has 22 heavy (non-hydrogen) atoms. The second kappa shape index (κ2) is 5.47. The van der Waals surface area contributed by atoms with Crippen LogP contribution in [0.1, 0.15) is 12.8 Å². The average molecular weight is 302 g/mol. The van der Waals surface area contributed by atoms with Crippen LogP contribution in [-0.2, 0) is 0 Å². The number of rotatable bonds is 0. The molecule has 0 saturated heterocycles. The molecule has 2 aliphatic heterocycles. The van der Waals surface area contributed by atoms with Crippen molar-refractivity contribution in [3.8, 4) is 0 Å². The lowest BCUT2D eigenvalue weighted by Gasteiger charge is -2.17. The molecule has 0 aromatic carbocycles. The first-order valence-electron chi connectivity index (χ1n) is 6.89. The van der Waals surface area contributed by atoms with Gasteiger partial charge in [0.2, 0.25) is 0 Å². The second-order valence-electron chi connectivity index (χ2n) is 4.94. The minimum absolute atomic E-state index is 0.405. The summed E-state index contributed by atoms with van der Waals surface area (Å²) >= 11 is 0. The van der Waals surface area contributed by atoms with Gasteiger partial charge >= 0.3 is 17.8 Å². The molecule has 114 valence electrons. The van der Waals surface area contributed by atoms with Crippen molar-refractivity contribution < 1.29 is 9.59 Å². The smallest absolute Gasteiger partial charge is 0.300 e. The van der Waals surface area contributed by atoms with Crippen LogP contribution in [0.2, 0.25) is 0 Å². The Morgan fingerprint density at radius 3 is 2.05 bits per heavy atom. The van der Waals surface area contributed by atoms with E-state index >= 15 is 0 Å². The molecule has 0 atom stereocenters. The predicted octanol–water partition coefficient (Wildman–Crippen LogP) is 0.385. The van der Waals surface area contributed by atoms with Gasteiger partial charge in [-0.15, -0.1) is 0 Å². The van der Waals surface area contributed by atoms with Crippen molar-refractivity contribution in [2.45, 2.75) is 12.8 Å². The van der Waals surface area contributed by atoms with E-state index in [0.717, 1.165) is 16.8 Å². The van der Waals surface area contributed by atoms with E-state index in [9.17, 15) is 19.2 Å². The summed E-state index contributed by atoms with van der Waals surface area (Å²) in [6.45, 7) is 0.871. The Balaban J connectivity index is 2.02. The zero-order chi connectivity index (χ0) is 15.7. The Hall–Kier alpha value is -2.90. The molecule has 2 aliphatic rings. The molecule has 1 aromatic rings. The Labute approximate surface area is 125 Å². The van der Waals surface area contributed by atoms with Gasteiger partial charge in [-0.2, -0.15) is 4.57 Å². The lowest BCUT2D eigenvalue weighted by atomic mass is 10.5. The molecule has 0 spiro atoms. The molecule has 0 N–H and O–H groups in total. The van der Waals surface area contributed by atoms with Crippen LogP contribution in [0.4, 0.5) is 9.59 Å². The van der Waals surface area contributed by atoms with Crippen LogP contribution >= 0.6 is 0 Å². The van der Waals surface area contributed by atoms with Crippen molar-refractivity contribution >= 4 is 12.1 Å². The number of hydrogen-bond acceptors (Lipinski definition) is 4. The van der Waals surface area contributed by atoms with Crippen molar-refractivity contribution in [1.29, 1.82) is 0 Å². The Morgan fingerprint density at radius 2 is 1.50 bits per heavy atom. The molecule has 0 unspecified atom stereocenters. The van der Waals surface area contributed by atoms with Gasteiger partial charge in [-0.05, 0) is 12.8 Å². The number of carbonyl (C=O) groups excluding carboxylic acids is 2.